The molecule has 0 spiro atoms. The Morgan fingerprint density at radius 1 is 1.25 bits per heavy atom. The molecule has 1 heterocycles. The van der Waals surface area contributed by atoms with Crippen molar-refractivity contribution in [2.24, 2.45) is 5.92 Å². The standard InChI is InChI=1S/C13H23N3/c1-12(2)9-14-7-4-8-16-11-13-5-3-6-15-10-13/h3,5-6,10,12,14,16H,4,7-9,11H2,1-2H3. The first-order chi connectivity index (χ1) is 7.79. The molecule has 0 aliphatic heterocycles. The van der Waals surface area contributed by atoms with Gasteiger partial charge in [-0.25, -0.2) is 0 Å². The molecule has 1 aromatic rings. The molecule has 0 amide bonds. The van der Waals surface area contributed by atoms with Gasteiger partial charge in [-0.1, -0.05) is 19.9 Å². The first kappa shape index (κ1) is 13.1. The van der Waals surface area contributed by atoms with Crippen molar-refractivity contribution in [1.82, 2.24) is 15.6 Å². The van der Waals surface area contributed by atoms with E-state index >= 15 is 0 Å². The summed E-state index contributed by atoms with van der Waals surface area (Å²) >= 11 is 0. The molecule has 1 rings (SSSR count). The summed E-state index contributed by atoms with van der Waals surface area (Å²) in [5.41, 5.74) is 1.25. The van der Waals surface area contributed by atoms with Gasteiger partial charge in [0.25, 0.3) is 0 Å². The van der Waals surface area contributed by atoms with Crippen LogP contribution in [0.1, 0.15) is 25.8 Å². The van der Waals surface area contributed by atoms with Crippen LogP contribution in [0.4, 0.5) is 0 Å². The second-order valence-electron chi connectivity index (χ2n) is 4.49. The normalized spacial score (nSPS) is 10.9. The summed E-state index contributed by atoms with van der Waals surface area (Å²) in [5, 5.41) is 6.84. The lowest BCUT2D eigenvalue weighted by Gasteiger charge is -2.07. The third-order valence-electron chi connectivity index (χ3n) is 2.31. The Balaban J connectivity index is 1.93. The first-order valence-electron chi connectivity index (χ1n) is 6.09. The Morgan fingerprint density at radius 2 is 2.06 bits per heavy atom. The monoisotopic (exact) mass is 221 g/mol. The molecule has 0 unspecified atom stereocenters. The predicted molar refractivity (Wildman–Crippen MR) is 68.3 cm³/mol. The van der Waals surface area contributed by atoms with Crippen molar-refractivity contribution in [3.05, 3.63) is 30.1 Å². The molecular formula is C13H23N3. The van der Waals surface area contributed by atoms with E-state index in [-0.39, 0.29) is 0 Å². The molecule has 0 aliphatic rings. The number of nitrogens with zero attached hydrogens (tertiary/aromatic N) is 1. The second-order valence-corrected chi connectivity index (χ2v) is 4.49. The van der Waals surface area contributed by atoms with Crippen LogP contribution in [0.25, 0.3) is 0 Å². The van der Waals surface area contributed by atoms with Gasteiger partial charge in [0, 0.05) is 18.9 Å². The van der Waals surface area contributed by atoms with Crippen LogP contribution in [0.15, 0.2) is 24.5 Å². The maximum atomic E-state index is 4.08. The van der Waals surface area contributed by atoms with Crippen molar-refractivity contribution >= 4 is 0 Å². The second kappa shape index (κ2) is 8.25. The molecule has 0 atom stereocenters. The zero-order valence-corrected chi connectivity index (χ0v) is 10.4. The van der Waals surface area contributed by atoms with Crippen LogP contribution < -0.4 is 10.6 Å². The number of pyridine rings is 1. The van der Waals surface area contributed by atoms with Gasteiger partial charge in [-0.15, -0.1) is 0 Å². The van der Waals surface area contributed by atoms with E-state index in [1.807, 2.05) is 12.3 Å². The smallest absolute Gasteiger partial charge is 0.0312 e. The summed E-state index contributed by atoms with van der Waals surface area (Å²) in [6.07, 6.45) is 4.89. The Bertz CT molecular complexity index is 259. The fraction of sp³-hybridized carbons (Fsp3) is 0.615. The molecule has 0 aliphatic carbocycles. The highest BCUT2D eigenvalue weighted by Crippen LogP contribution is 1.94. The van der Waals surface area contributed by atoms with Gasteiger partial charge in [-0.05, 0) is 43.6 Å². The molecule has 2 N–H and O–H groups in total. The van der Waals surface area contributed by atoms with E-state index in [9.17, 15) is 0 Å². The molecule has 0 fully saturated rings. The van der Waals surface area contributed by atoms with E-state index < -0.39 is 0 Å². The fourth-order valence-electron chi connectivity index (χ4n) is 1.46. The van der Waals surface area contributed by atoms with E-state index in [4.69, 9.17) is 0 Å². The molecule has 0 saturated carbocycles. The molecule has 90 valence electrons. The van der Waals surface area contributed by atoms with Crippen molar-refractivity contribution in [1.29, 1.82) is 0 Å². The van der Waals surface area contributed by atoms with Crippen molar-refractivity contribution < 1.29 is 0 Å². The van der Waals surface area contributed by atoms with Gasteiger partial charge >= 0.3 is 0 Å². The highest BCUT2D eigenvalue weighted by atomic mass is 14.9. The molecule has 3 nitrogen and oxygen atoms in total. The molecule has 1 aromatic heterocycles. The Hall–Kier alpha value is -0.930. The van der Waals surface area contributed by atoms with Crippen LogP contribution in [-0.4, -0.2) is 24.6 Å². The maximum absolute atomic E-state index is 4.08. The van der Waals surface area contributed by atoms with Crippen LogP contribution in [0.5, 0.6) is 0 Å². The summed E-state index contributed by atoms with van der Waals surface area (Å²) in [4.78, 5) is 4.08. The van der Waals surface area contributed by atoms with E-state index in [0.717, 1.165) is 32.1 Å². The number of aromatic nitrogens is 1. The molecule has 0 bridgehead atoms. The third kappa shape index (κ3) is 6.53. The highest BCUT2D eigenvalue weighted by molar-refractivity contribution is 5.07. The van der Waals surface area contributed by atoms with Crippen molar-refractivity contribution in [2.45, 2.75) is 26.8 Å². The Morgan fingerprint density at radius 3 is 2.75 bits per heavy atom. The van der Waals surface area contributed by atoms with Gasteiger partial charge in [0.1, 0.15) is 0 Å². The minimum Gasteiger partial charge on any atom is -0.316 e. The lowest BCUT2D eigenvalue weighted by molar-refractivity contribution is 0.530. The number of hydrogen-bond donors (Lipinski definition) is 2. The molecule has 3 heteroatoms. The van der Waals surface area contributed by atoms with E-state index in [1.165, 1.54) is 12.0 Å². The third-order valence-corrected chi connectivity index (χ3v) is 2.31. The van der Waals surface area contributed by atoms with Crippen molar-refractivity contribution in [3.63, 3.8) is 0 Å². The number of hydrogen-bond acceptors (Lipinski definition) is 3. The highest BCUT2D eigenvalue weighted by Gasteiger charge is 1.93. The topological polar surface area (TPSA) is 37.0 Å². The summed E-state index contributed by atoms with van der Waals surface area (Å²) < 4.78 is 0. The summed E-state index contributed by atoms with van der Waals surface area (Å²) in [7, 11) is 0. The van der Waals surface area contributed by atoms with E-state index in [0.29, 0.717) is 0 Å². The molecule has 16 heavy (non-hydrogen) atoms. The fourth-order valence-corrected chi connectivity index (χ4v) is 1.46. The molecule has 0 saturated heterocycles. The summed E-state index contributed by atoms with van der Waals surface area (Å²) in [5.74, 6) is 0.739. The Labute approximate surface area is 98.7 Å². The average molecular weight is 221 g/mol. The van der Waals surface area contributed by atoms with Crippen LogP contribution in [0.2, 0.25) is 0 Å². The first-order valence-corrected chi connectivity index (χ1v) is 6.09. The van der Waals surface area contributed by atoms with Crippen LogP contribution in [0.3, 0.4) is 0 Å². The quantitative estimate of drug-likeness (QED) is 0.657. The van der Waals surface area contributed by atoms with Crippen molar-refractivity contribution in [3.8, 4) is 0 Å². The number of rotatable bonds is 8. The van der Waals surface area contributed by atoms with Crippen molar-refractivity contribution in [2.75, 3.05) is 19.6 Å². The van der Waals surface area contributed by atoms with Gasteiger partial charge in [-0.2, -0.15) is 0 Å². The lowest BCUT2D eigenvalue weighted by atomic mass is 10.2. The predicted octanol–water partition coefficient (Wildman–Crippen LogP) is 1.81. The minimum absolute atomic E-state index is 0.739. The largest absolute Gasteiger partial charge is 0.316 e. The molecule has 0 aromatic carbocycles. The summed E-state index contributed by atoms with van der Waals surface area (Å²) in [6, 6.07) is 4.07. The number of nitrogens with one attached hydrogen (secondary N) is 2. The van der Waals surface area contributed by atoms with Gasteiger partial charge in [0.05, 0.1) is 0 Å². The maximum Gasteiger partial charge on any atom is 0.0312 e. The average Bonchev–Trinajstić information content (AvgIpc) is 2.29. The minimum atomic E-state index is 0.739. The lowest BCUT2D eigenvalue weighted by Crippen LogP contribution is -2.24. The van der Waals surface area contributed by atoms with Crippen LogP contribution >= 0.6 is 0 Å². The van der Waals surface area contributed by atoms with Gasteiger partial charge in [0.2, 0.25) is 0 Å². The van der Waals surface area contributed by atoms with E-state index in [1.54, 1.807) is 6.20 Å². The summed E-state index contributed by atoms with van der Waals surface area (Å²) in [6.45, 7) is 8.64. The van der Waals surface area contributed by atoms with Gasteiger partial charge in [-0.3, -0.25) is 4.98 Å². The van der Waals surface area contributed by atoms with Crippen LogP contribution in [-0.2, 0) is 6.54 Å². The zero-order chi connectivity index (χ0) is 11.6. The SMILES string of the molecule is CC(C)CNCCCNCc1cccnc1. The van der Waals surface area contributed by atoms with Crippen LogP contribution in [0, 0.1) is 5.92 Å². The van der Waals surface area contributed by atoms with E-state index in [2.05, 4.69) is 35.5 Å². The molecule has 0 radical (unpaired) electrons. The van der Waals surface area contributed by atoms with Gasteiger partial charge in [0.15, 0.2) is 0 Å². The zero-order valence-electron chi connectivity index (χ0n) is 10.4. The van der Waals surface area contributed by atoms with Gasteiger partial charge < -0.3 is 10.6 Å². The molecular weight excluding hydrogens is 198 g/mol. The Kier molecular flexibility index (Phi) is 6.77.